The molecule has 1 heterocycles. The van der Waals surface area contributed by atoms with Crippen molar-refractivity contribution in [1.82, 2.24) is 0 Å². The maximum Gasteiger partial charge on any atom is 0.265 e. The van der Waals surface area contributed by atoms with E-state index in [2.05, 4.69) is 5.32 Å². The van der Waals surface area contributed by atoms with Crippen LogP contribution in [0.2, 0.25) is 0 Å². The second-order valence-corrected chi connectivity index (χ2v) is 7.26. The van der Waals surface area contributed by atoms with Crippen molar-refractivity contribution < 1.29 is 24.2 Å². The van der Waals surface area contributed by atoms with Gasteiger partial charge in [-0.25, -0.2) is 0 Å². The maximum absolute atomic E-state index is 12.0. The minimum Gasteiger partial charge on any atom is -0.491 e. The third kappa shape index (κ3) is 6.17. The molecule has 0 unspecified atom stereocenters. The molecule has 7 heteroatoms. The molecule has 3 aromatic rings. The first kappa shape index (κ1) is 20.6. The van der Waals surface area contributed by atoms with E-state index in [0.717, 1.165) is 0 Å². The molecule has 29 heavy (non-hydrogen) atoms. The molecular weight excluding hydrogens is 390 g/mol. The maximum atomic E-state index is 12.0. The van der Waals surface area contributed by atoms with E-state index in [1.54, 1.807) is 54.6 Å². The van der Waals surface area contributed by atoms with Gasteiger partial charge in [-0.1, -0.05) is 6.07 Å². The molecular formula is C22H21NO5S. The van der Waals surface area contributed by atoms with E-state index in [1.807, 2.05) is 11.4 Å². The van der Waals surface area contributed by atoms with Gasteiger partial charge in [0.15, 0.2) is 5.78 Å². The number of ether oxygens (including phenoxy) is 2. The molecule has 2 N–H and O–H groups in total. The summed E-state index contributed by atoms with van der Waals surface area (Å²) in [6.07, 6.45) is -0.819. The molecule has 0 radical (unpaired) electrons. The third-order valence-electron chi connectivity index (χ3n) is 4.00. The molecule has 150 valence electrons. The number of aliphatic hydroxyl groups excluding tert-OH is 1. The Morgan fingerprint density at radius 1 is 0.966 bits per heavy atom. The van der Waals surface area contributed by atoms with Gasteiger partial charge in [0.05, 0.1) is 4.88 Å². The van der Waals surface area contributed by atoms with E-state index in [-0.39, 0.29) is 24.9 Å². The molecule has 6 nitrogen and oxygen atoms in total. The van der Waals surface area contributed by atoms with Gasteiger partial charge in [0.1, 0.15) is 30.8 Å². The normalized spacial score (nSPS) is 11.5. The Morgan fingerprint density at radius 3 is 2.07 bits per heavy atom. The van der Waals surface area contributed by atoms with Gasteiger partial charge in [0, 0.05) is 11.3 Å². The average Bonchev–Trinajstić information content (AvgIpc) is 3.27. The summed E-state index contributed by atoms with van der Waals surface area (Å²) in [7, 11) is 0. The average molecular weight is 411 g/mol. The molecule has 0 aliphatic carbocycles. The van der Waals surface area contributed by atoms with Gasteiger partial charge in [-0.3, -0.25) is 9.59 Å². The van der Waals surface area contributed by atoms with Crippen molar-refractivity contribution in [2.24, 2.45) is 0 Å². The predicted octanol–water partition coefficient (Wildman–Crippen LogP) is 4.02. The van der Waals surface area contributed by atoms with Crippen LogP contribution in [0.3, 0.4) is 0 Å². The van der Waals surface area contributed by atoms with Crippen molar-refractivity contribution in [2.75, 3.05) is 18.5 Å². The lowest BCUT2D eigenvalue weighted by Crippen LogP contribution is -2.25. The molecule has 0 saturated heterocycles. The minimum absolute atomic E-state index is 0.0120. The number of carbonyl (C=O) groups excluding carboxylic acids is 2. The molecule has 3 rings (SSSR count). The second-order valence-electron chi connectivity index (χ2n) is 6.31. The van der Waals surface area contributed by atoms with E-state index in [9.17, 15) is 14.7 Å². The number of Topliss-reactive ketones (excluding diaryl/α,β-unsaturated/α-hetero) is 1. The largest absolute Gasteiger partial charge is 0.491 e. The standard InChI is InChI=1S/C22H21NO5S/c1-15(24)16-4-8-19(9-5-16)27-13-18(25)14-28-20-10-6-17(7-11-20)23-22(26)21-3-2-12-29-21/h2-12,18,25H,13-14H2,1H3,(H,23,26)/t18-/m1/s1. The molecule has 2 aromatic carbocycles. The first-order chi connectivity index (χ1) is 14.0. The van der Waals surface area contributed by atoms with Gasteiger partial charge < -0.3 is 19.9 Å². The van der Waals surface area contributed by atoms with Crippen LogP contribution < -0.4 is 14.8 Å². The number of benzene rings is 2. The van der Waals surface area contributed by atoms with Crippen molar-refractivity contribution >= 4 is 28.7 Å². The van der Waals surface area contributed by atoms with Crippen LogP contribution in [0.15, 0.2) is 66.0 Å². The van der Waals surface area contributed by atoms with Gasteiger partial charge in [0.25, 0.3) is 5.91 Å². The van der Waals surface area contributed by atoms with E-state index < -0.39 is 6.10 Å². The highest BCUT2D eigenvalue weighted by Crippen LogP contribution is 2.18. The Morgan fingerprint density at radius 2 is 1.55 bits per heavy atom. The van der Waals surface area contributed by atoms with Crippen LogP contribution in [0.4, 0.5) is 5.69 Å². The number of anilines is 1. The molecule has 0 bridgehead atoms. The predicted molar refractivity (Wildman–Crippen MR) is 112 cm³/mol. The van der Waals surface area contributed by atoms with Gasteiger partial charge in [-0.2, -0.15) is 0 Å². The molecule has 1 amide bonds. The summed E-state index contributed by atoms with van der Waals surface area (Å²) < 4.78 is 11.1. The Bertz CT molecular complexity index is 936. The molecule has 0 saturated carbocycles. The molecule has 1 aromatic heterocycles. The number of hydrogen-bond acceptors (Lipinski definition) is 6. The van der Waals surface area contributed by atoms with E-state index in [0.29, 0.717) is 27.6 Å². The van der Waals surface area contributed by atoms with Gasteiger partial charge in [-0.15, -0.1) is 11.3 Å². The zero-order valence-corrected chi connectivity index (χ0v) is 16.6. The molecule has 0 fully saturated rings. The lowest BCUT2D eigenvalue weighted by atomic mass is 10.1. The van der Waals surface area contributed by atoms with Crippen LogP contribution >= 0.6 is 11.3 Å². The number of aliphatic hydroxyl groups is 1. The first-order valence-corrected chi connectivity index (χ1v) is 9.89. The van der Waals surface area contributed by atoms with Crippen molar-refractivity contribution in [3.05, 3.63) is 76.5 Å². The summed E-state index contributed by atoms with van der Waals surface area (Å²) in [5.74, 6) is 0.975. The van der Waals surface area contributed by atoms with Crippen LogP contribution in [-0.4, -0.2) is 36.1 Å². The highest BCUT2D eigenvalue weighted by molar-refractivity contribution is 7.12. The van der Waals surface area contributed by atoms with Crippen LogP contribution in [0.5, 0.6) is 11.5 Å². The first-order valence-electron chi connectivity index (χ1n) is 9.01. The fraction of sp³-hybridized carbons (Fsp3) is 0.182. The minimum atomic E-state index is -0.819. The Labute approximate surface area is 172 Å². The van der Waals surface area contributed by atoms with Crippen molar-refractivity contribution in [2.45, 2.75) is 13.0 Å². The molecule has 1 atom stereocenters. The summed E-state index contributed by atoms with van der Waals surface area (Å²) in [5, 5.41) is 14.7. The van der Waals surface area contributed by atoms with Crippen LogP contribution in [0, 0.1) is 0 Å². The highest BCUT2D eigenvalue weighted by Gasteiger charge is 2.09. The Hall–Kier alpha value is -3.16. The van der Waals surface area contributed by atoms with Gasteiger partial charge in [-0.05, 0) is 66.9 Å². The van der Waals surface area contributed by atoms with Crippen molar-refractivity contribution in [3.63, 3.8) is 0 Å². The molecule has 0 aliphatic heterocycles. The summed E-state index contributed by atoms with van der Waals surface area (Å²) in [6.45, 7) is 1.63. The zero-order valence-electron chi connectivity index (χ0n) is 15.8. The fourth-order valence-corrected chi connectivity index (χ4v) is 3.07. The Kier molecular flexibility index (Phi) is 6.99. The lowest BCUT2D eigenvalue weighted by molar-refractivity contribution is 0.0626. The Balaban J connectivity index is 1.42. The van der Waals surface area contributed by atoms with Crippen LogP contribution in [-0.2, 0) is 0 Å². The fourth-order valence-electron chi connectivity index (χ4n) is 2.45. The number of amides is 1. The summed E-state index contributed by atoms with van der Waals surface area (Å²) >= 11 is 1.38. The van der Waals surface area contributed by atoms with E-state index in [1.165, 1.54) is 18.3 Å². The number of hydrogen-bond donors (Lipinski definition) is 2. The van der Waals surface area contributed by atoms with Crippen molar-refractivity contribution in [3.8, 4) is 11.5 Å². The van der Waals surface area contributed by atoms with E-state index in [4.69, 9.17) is 9.47 Å². The number of thiophene rings is 1. The third-order valence-corrected chi connectivity index (χ3v) is 4.87. The number of carbonyl (C=O) groups is 2. The monoisotopic (exact) mass is 411 g/mol. The quantitative estimate of drug-likeness (QED) is 0.520. The van der Waals surface area contributed by atoms with Gasteiger partial charge in [0.2, 0.25) is 0 Å². The molecule has 0 spiro atoms. The number of ketones is 1. The van der Waals surface area contributed by atoms with Gasteiger partial charge >= 0.3 is 0 Å². The van der Waals surface area contributed by atoms with E-state index >= 15 is 0 Å². The lowest BCUT2D eigenvalue weighted by Gasteiger charge is -2.14. The van der Waals surface area contributed by atoms with Crippen molar-refractivity contribution in [1.29, 1.82) is 0 Å². The summed E-state index contributed by atoms with van der Waals surface area (Å²) in [4.78, 5) is 23.9. The van der Waals surface area contributed by atoms with Crippen LogP contribution in [0.1, 0.15) is 27.0 Å². The molecule has 0 aliphatic rings. The summed E-state index contributed by atoms with van der Waals surface area (Å²) in [5.41, 5.74) is 1.27. The zero-order chi connectivity index (χ0) is 20.6. The number of rotatable bonds is 9. The number of nitrogens with one attached hydrogen (secondary N) is 1. The van der Waals surface area contributed by atoms with Crippen LogP contribution in [0.25, 0.3) is 0 Å². The summed E-state index contributed by atoms with van der Waals surface area (Å²) in [6, 6.07) is 17.2. The topological polar surface area (TPSA) is 84.9 Å². The highest BCUT2D eigenvalue weighted by atomic mass is 32.1. The SMILES string of the molecule is CC(=O)c1ccc(OC[C@@H](O)COc2ccc(NC(=O)c3cccs3)cc2)cc1. The smallest absolute Gasteiger partial charge is 0.265 e. The second kappa shape index (κ2) is 9.86.